The molecule has 21 heavy (non-hydrogen) atoms. The lowest BCUT2D eigenvalue weighted by Gasteiger charge is -2.08. The molecule has 7 nitrogen and oxygen atoms in total. The van der Waals surface area contributed by atoms with E-state index in [1.54, 1.807) is 31.3 Å². The number of amides is 1. The molecule has 0 aliphatic heterocycles. The normalized spacial score (nSPS) is 10.2. The summed E-state index contributed by atoms with van der Waals surface area (Å²) in [5.74, 6) is 6.31. The van der Waals surface area contributed by atoms with Gasteiger partial charge in [-0.1, -0.05) is 6.92 Å². The molecule has 2 rings (SSSR count). The highest BCUT2D eigenvalue weighted by Gasteiger charge is 2.09. The van der Waals surface area contributed by atoms with Crippen LogP contribution in [0.5, 0.6) is 0 Å². The summed E-state index contributed by atoms with van der Waals surface area (Å²) in [5, 5.41) is 2.82. The maximum absolute atomic E-state index is 12.2. The summed E-state index contributed by atoms with van der Waals surface area (Å²) in [6, 6.07) is 5.13. The molecular weight excluding hydrogens is 268 g/mol. The lowest BCUT2D eigenvalue weighted by molar-refractivity contribution is 0.0950. The second-order valence-corrected chi connectivity index (χ2v) is 4.51. The van der Waals surface area contributed by atoms with Gasteiger partial charge in [-0.3, -0.25) is 4.79 Å². The van der Waals surface area contributed by atoms with Gasteiger partial charge in [0.2, 0.25) is 0 Å². The van der Waals surface area contributed by atoms with Crippen LogP contribution in [-0.4, -0.2) is 20.9 Å². The second kappa shape index (κ2) is 6.76. The van der Waals surface area contributed by atoms with Gasteiger partial charge in [0.25, 0.3) is 5.91 Å². The largest absolute Gasteiger partial charge is 0.346 e. The monoisotopic (exact) mass is 286 g/mol. The van der Waals surface area contributed by atoms with Crippen LogP contribution in [0.15, 0.2) is 24.4 Å². The van der Waals surface area contributed by atoms with Crippen LogP contribution in [0, 0.1) is 6.92 Å². The molecule has 0 aromatic carbocycles. The molecule has 110 valence electrons. The van der Waals surface area contributed by atoms with Crippen LogP contribution in [0.25, 0.3) is 0 Å². The fourth-order valence-electron chi connectivity index (χ4n) is 1.85. The van der Waals surface area contributed by atoms with E-state index >= 15 is 0 Å². The third kappa shape index (κ3) is 3.96. The third-order valence-corrected chi connectivity index (χ3v) is 2.91. The van der Waals surface area contributed by atoms with Crippen molar-refractivity contribution in [1.29, 1.82) is 0 Å². The lowest BCUT2D eigenvalue weighted by atomic mass is 10.2. The Morgan fingerprint density at radius 1 is 1.29 bits per heavy atom. The summed E-state index contributed by atoms with van der Waals surface area (Å²) in [5.41, 5.74) is 4.54. The number of rotatable bonds is 5. The number of hydrogen-bond acceptors (Lipinski definition) is 6. The molecule has 2 aromatic rings. The van der Waals surface area contributed by atoms with Gasteiger partial charge in [-0.2, -0.15) is 0 Å². The molecule has 1 amide bonds. The Morgan fingerprint density at radius 2 is 2.10 bits per heavy atom. The topological polar surface area (TPSA) is 106 Å². The summed E-state index contributed by atoms with van der Waals surface area (Å²) in [6.45, 7) is 4.12. The van der Waals surface area contributed by atoms with Crippen molar-refractivity contribution in [3.63, 3.8) is 0 Å². The zero-order chi connectivity index (χ0) is 15.2. The number of nitrogen functional groups attached to an aromatic ring is 1. The average Bonchev–Trinajstić information content (AvgIpc) is 2.52. The highest BCUT2D eigenvalue weighted by atomic mass is 16.1. The van der Waals surface area contributed by atoms with Gasteiger partial charge >= 0.3 is 0 Å². The maximum Gasteiger partial charge on any atom is 0.251 e. The van der Waals surface area contributed by atoms with E-state index in [2.05, 4.69) is 25.7 Å². The SMILES string of the molecule is CCc1cc(C(=O)NCc2ccnc(C)n2)cc(NN)n1. The average molecular weight is 286 g/mol. The number of nitrogens with two attached hydrogens (primary N) is 1. The first-order valence-electron chi connectivity index (χ1n) is 6.66. The van der Waals surface area contributed by atoms with E-state index < -0.39 is 0 Å². The quantitative estimate of drug-likeness (QED) is 0.558. The van der Waals surface area contributed by atoms with E-state index in [0.29, 0.717) is 23.8 Å². The van der Waals surface area contributed by atoms with Gasteiger partial charge < -0.3 is 10.7 Å². The molecule has 0 aliphatic rings. The molecule has 0 radical (unpaired) electrons. The van der Waals surface area contributed by atoms with Crippen LogP contribution >= 0.6 is 0 Å². The van der Waals surface area contributed by atoms with Crippen LogP contribution in [0.3, 0.4) is 0 Å². The first-order chi connectivity index (χ1) is 10.1. The lowest BCUT2D eigenvalue weighted by Crippen LogP contribution is -2.24. The van der Waals surface area contributed by atoms with Crippen molar-refractivity contribution in [3.8, 4) is 0 Å². The number of anilines is 1. The highest BCUT2D eigenvalue weighted by Crippen LogP contribution is 2.10. The Bertz CT molecular complexity index is 621. The number of pyridine rings is 1. The number of aromatic nitrogens is 3. The van der Waals surface area contributed by atoms with Crippen LogP contribution in [0.1, 0.15) is 34.5 Å². The summed E-state index contributed by atoms with van der Waals surface area (Å²) in [6.07, 6.45) is 2.39. The first-order valence-corrected chi connectivity index (χ1v) is 6.66. The number of carbonyl (C=O) groups is 1. The molecule has 0 aliphatic carbocycles. The number of nitrogens with one attached hydrogen (secondary N) is 2. The molecule has 0 saturated carbocycles. The maximum atomic E-state index is 12.2. The molecule has 2 heterocycles. The van der Waals surface area contributed by atoms with Gasteiger partial charge in [0.15, 0.2) is 0 Å². The predicted octanol–water partition coefficient (Wildman–Crippen LogP) is 0.958. The number of hydrazine groups is 1. The Kier molecular flexibility index (Phi) is 4.78. The molecule has 0 fully saturated rings. The Balaban J connectivity index is 2.09. The van der Waals surface area contributed by atoms with Crippen LogP contribution in [-0.2, 0) is 13.0 Å². The molecular formula is C14H18N6O. The van der Waals surface area contributed by atoms with Crippen molar-refractivity contribution in [2.45, 2.75) is 26.8 Å². The Hall–Kier alpha value is -2.54. The van der Waals surface area contributed by atoms with Crippen LogP contribution in [0.4, 0.5) is 5.82 Å². The first kappa shape index (κ1) is 14.9. The summed E-state index contributed by atoms with van der Waals surface area (Å²) >= 11 is 0. The minimum atomic E-state index is -0.195. The van der Waals surface area contributed by atoms with Gasteiger partial charge in [-0.05, 0) is 31.5 Å². The van der Waals surface area contributed by atoms with E-state index in [1.807, 2.05) is 6.92 Å². The smallest absolute Gasteiger partial charge is 0.251 e. The van der Waals surface area contributed by atoms with Crippen molar-refractivity contribution in [1.82, 2.24) is 20.3 Å². The second-order valence-electron chi connectivity index (χ2n) is 4.51. The number of aryl methyl sites for hydroxylation is 2. The van der Waals surface area contributed by atoms with Gasteiger partial charge in [-0.25, -0.2) is 20.8 Å². The summed E-state index contributed by atoms with van der Waals surface area (Å²) < 4.78 is 0. The van der Waals surface area contributed by atoms with Crippen molar-refractivity contribution in [2.75, 3.05) is 5.43 Å². The molecule has 4 N–H and O–H groups in total. The van der Waals surface area contributed by atoms with Gasteiger partial charge in [-0.15, -0.1) is 0 Å². The highest BCUT2D eigenvalue weighted by molar-refractivity contribution is 5.94. The summed E-state index contributed by atoms with van der Waals surface area (Å²) in [4.78, 5) is 24.7. The van der Waals surface area contributed by atoms with Gasteiger partial charge in [0.1, 0.15) is 11.6 Å². The standard InChI is InChI=1S/C14H18N6O/c1-3-11-6-10(7-13(19-11)20-15)14(21)17-8-12-4-5-16-9(2)18-12/h4-7H,3,8,15H2,1-2H3,(H,17,21)(H,19,20). The predicted molar refractivity (Wildman–Crippen MR) is 79.4 cm³/mol. The van der Waals surface area contributed by atoms with Crippen LogP contribution in [0.2, 0.25) is 0 Å². The van der Waals surface area contributed by atoms with Crippen molar-refractivity contribution in [2.24, 2.45) is 5.84 Å². The molecule has 0 saturated heterocycles. The van der Waals surface area contributed by atoms with Crippen molar-refractivity contribution in [3.05, 3.63) is 47.2 Å². The number of carbonyl (C=O) groups excluding carboxylic acids is 1. The van der Waals surface area contributed by atoms with Crippen LogP contribution < -0.4 is 16.6 Å². The van der Waals surface area contributed by atoms with Gasteiger partial charge in [0.05, 0.1) is 12.2 Å². The molecule has 0 unspecified atom stereocenters. The molecule has 0 atom stereocenters. The minimum Gasteiger partial charge on any atom is -0.346 e. The number of nitrogens with zero attached hydrogens (tertiary/aromatic N) is 3. The van der Waals surface area contributed by atoms with E-state index in [-0.39, 0.29) is 5.91 Å². The van der Waals surface area contributed by atoms with Crippen molar-refractivity contribution >= 4 is 11.7 Å². The molecule has 7 heteroatoms. The van der Waals surface area contributed by atoms with Gasteiger partial charge in [0, 0.05) is 17.5 Å². The fraction of sp³-hybridized carbons (Fsp3) is 0.286. The van der Waals surface area contributed by atoms with E-state index in [0.717, 1.165) is 17.8 Å². The molecule has 0 spiro atoms. The fourth-order valence-corrected chi connectivity index (χ4v) is 1.85. The van der Waals surface area contributed by atoms with E-state index in [9.17, 15) is 4.79 Å². The third-order valence-electron chi connectivity index (χ3n) is 2.91. The minimum absolute atomic E-state index is 0.195. The zero-order valence-electron chi connectivity index (χ0n) is 12.1. The van der Waals surface area contributed by atoms with E-state index in [1.165, 1.54) is 0 Å². The Morgan fingerprint density at radius 3 is 2.76 bits per heavy atom. The van der Waals surface area contributed by atoms with Crippen molar-refractivity contribution < 1.29 is 4.79 Å². The molecule has 0 bridgehead atoms. The van der Waals surface area contributed by atoms with E-state index in [4.69, 9.17) is 5.84 Å². The Labute approximate surface area is 123 Å². The summed E-state index contributed by atoms with van der Waals surface area (Å²) in [7, 11) is 0. The number of hydrogen-bond donors (Lipinski definition) is 3. The molecule has 2 aromatic heterocycles. The zero-order valence-corrected chi connectivity index (χ0v) is 12.1.